The number of alkyl halides is 3. The van der Waals surface area contributed by atoms with Crippen LogP contribution in [-0.2, 0) is 6.18 Å². The van der Waals surface area contributed by atoms with E-state index in [0.717, 1.165) is 51.4 Å². The summed E-state index contributed by atoms with van der Waals surface area (Å²) in [5.74, 6) is 0.312. The number of hydrogen-bond donors (Lipinski definition) is 1. The Morgan fingerprint density at radius 2 is 1.92 bits per heavy atom. The standard InChI is InChI=1S/C17H26F3N5O/c1-23-5-2-6-24(8-7-23)9-13-10-25(11-14(13)12-26)16-21-4-3-15(22-16)17(18,19)20/h3-4,13-14,26H,2,5-12H2,1H3/t13-,14-/m1/s1. The molecule has 1 N–H and O–H groups in total. The van der Waals surface area contributed by atoms with E-state index >= 15 is 0 Å². The van der Waals surface area contributed by atoms with Crippen molar-refractivity contribution >= 4 is 5.95 Å². The molecule has 0 saturated carbocycles. The summed E-state index contributed by atoms with van der Waals surface area (Å²) in [6.45, 7) is 5.99. The molecule has 1 aromatic rings. The molecule has 9 heteroatoms. The van der Waals surface area contributed by atoms with Crippen LogP contribution in [0.2, 0.25) is 0 Å². The first-order valence-corrected chi connectivity index (χ1v) is 9.03. The molecular weight excluding hydrogens is 347 g/mol. The summed E-state index contributed by atoms with van der Waals surface area (Å²) in [5, 5.41) is 9.74. The van der Waals surface area contributed by atoms with Crippen molar-refractivity contribution in [1.29, 1.82) is 0 Å². The molecule has 0 bridgehead atoms. The highest BCUT2D eigenvalue weighted by Gasteiger charge is 2.37. The molecule has 0 aromatic carbocycles. The second kappa shape index (κ2) is 8.06. The number of likely N-dealkylation sites (N-methyl/N-ethyl adjacent to an activating group) is 1. The second-order valence-corrected chi connectivity index (χ2v) is 7.30. The van der Waals surface area contributed by atoms with Gasteiger partial charge in [-0.05, 0) is 38.5 Å². The normalized spacial score (nSPS) is 26.3. The molecule has 3 heterocycles. The number of aliphatic hydroxyl groups excluding tert-OH is 1. The van der Waals surface area contributed by atoms with Gasteiger partial charge in [0.05, 0.1) is 0 Å². The zero-order chi connectivity index (χ0) is 18.7. The van der Waals surface area contributed by atoms with Crippen molar-refractivity contribution in [3.63, 3.8) is 0 Å². The highest BCUT2D eigenvalue weighted by atomic mass is 19.4. The van der Waals surface area contributed by atoms with E-state index in [1.54, 1.807) is 4.90 Å². The summed E-state index contributed by atoms with van der Waals surface area (Å²) in [7, 11) is 2.11. The van der Waals surface area contributed by atoms with Gasteiger partial charge in [0, 0.05) is 51.4 Å². The SMILES string of the molecule is CN1CCCN(C[C@@H]2CN(c3nccc(C(F)(F)F)n3)C[C@@H]2CO)CC1. The summed E-state index contributed by atoms with van der Waals surface area (Å²) in [6, 6.07) is 0.883. The minimum Gasteiger partial charge on any atom is -0.396 e. The number of nitrogens with zero attached hydrogens (tertiary/aromatic N) is 5. The van der Waals surface area contributed by atoms with Crippen molar-refractivity contribution in [2.75, 3.05) is 64.4 Å². The maximum Gasteiger partial charge on any atom is 0.433 e. The second-order valence-electron chi connectivity index (χ2n) is 7.30. The van der Waals surface area contributed by atoms with Gasteiger partial charge in [-0.25, -0.2) is 9.97 Å². The highest BCUT2D eigenvalue weighted by Crippen LogP contribution is 2.31. The van der Waals surface area contributed by atoms with Crippen molar-refractivity contribution in [3.05, 3.63) is 18.0 Å². The maximum atomic E-state index is 12.9. The summed E-state index contributed by atoms with van der Waals surface area (Å²) in [5.41, 5.74) is -0.929. The Morgan fingerprint density at radius 1 is 1.15 bits per heavy atom. The monoisotopic (exact) mass is 373 g/mol. The zero-order valence-corrected chi connectivity index (χ0v) is 15.0. The quantitative estimate of drug-likeness (QED) is 0.855. The summed E-state index contributed by atoms with van der Waals surface area (Å²) in [6.07, 6.45) is -2.23. The van der Waals surface area contributed by atoms with Crippen LogP contribution in [-0.4, -0.2) is 84.3 Å². The van der Waals surface area contributed by atoms with E-state index in [1.807, 2.05) is 0 Å². The topological polar surface area (TPSA) is 55.7 Å². The van der Waals surface area contributed by atoms with E-state index in [9.17, 15) is 18.3 Å². The number of aromatic nitrogens is 2. The molecule has 2 atom stereocenters. The van der Waals surface area contributed by atoms with Crippen molar-refractivity contribution < 1.29 is 18.3 Å². The van der Waals surface area contributed by atoms with Crippen LogP contribution in [0.25, 0.3) is 0 Å². The zero-order valence-electron chi connectivity index (χ0n) is 15.0. The first kappa shape index (κ1) is 19.3. The Hall–Kier alpha value is -1.45. The van der Waals surface area contributed by atoms with Gasteiger partial charge in [-0.1, -0.05) is 0 Å². The number of hydrogen-bond acceptors (Lipinski definition) is 6. The first-order valence-electron chi connectivity index (χ1n) is 9.03. The molecule has 0 spiro atoms. The fraction of sp³-hybridized carbons (Fsp3) is 0.765. The third-order valence-electron chi connectivity index (χ3n) is 5.33. The average Bonchev–Trinajstić information content (AvgIpc) is 2.90. The predicted molar refractivity (Wildman–Crippen MR) is 91.9 cm³/mol. The lowest BCUT2D eigenvalue weighted by Crippen LogP contribution is -2.36. The molecule has 0 aliphatic carbocycles. The molecule has 2 aliphatic rings. The van der Waals surface area contributed by atoms with Gasteiger partial charge < -0.3 is 19.8 Å². The van der Waals surface area contributed by atoms with Gasteiger partial charge >= 0.3 is 6.18 Å². The average molecular weight is 373 g/mol. The smallest absolute Gasteiger partial charge is 0.396 e. The van der Waals surface area contributed by atoms with E-state index in [4.69, 9.17) is 0 Å². The van der Waals surface area contributed by atoms with Crippen LogP contribution in [0.15, 0.2) is 12.3 Å². The van der Waals surface area contributed by atoms with Crippen LogP contribution in [0.4, 0.5) is 19.1 Å². The minimum absolute atomic E-state index is 0.0217. The molecule has 26 heavy (non-hydrogen) atoms. The molecule has 0 radical (unpaired) electrons. The lowest BCUT2D eigenvalue weighted by Gasteiger charge is -2.26. The van der Waals surface area contributed by atoms with Crippen LogP contribution < -0.4 is 4.90 Å². The van der Waals surface area contributed by atoms with E-state index in [-0.39, 0.29) is 24.4 Å². The van der Waals surface area contributed by atoms with E-state index in [1.165, 1.54) is 0 Å². The van der Waals surface area contributed by atoms with Crippen LogP contribution in [0, 0.1) is 11.8 Å². The van der Waals surface area contributed by atoms with Gasteiger partial charge in [-0.2, -0.15) is 13.2 Å². The van der Waals surface area contributed by atoms with Crippen LogP contribution in [0.1, 0.15) is 12.1 Å². The fourth-order valence-electron chi connectivity index (χ4n) is 3.79. The Bertz CT molecular complexity index is 600. The van der Waals surface area contributed by atoms with Gasteiger partial charge in [0.15, 0.2) is 0 Å². The molecule has 2 saturated heterocycles. The van der Waals surface area contributed by atoms with Crippen molar-refractivity contribution in [1.82, 2.24) is 19.8 Å². The molecule has 2 aliphatic heterocycles. The largest absolute Gasteiger partial charge is 0.433 e. The Morgan fingerprint density at radius 3 is 2.65 bits per heavy atom. The van der Waals surface area contributed by atoms with Crippen molar-refractivity contribution in [2.24, 2.45) is 11.8 Å². The van der Waals surface area contributed by atoms with Crippen LogP contribution in [0.3, 0.4) is 0 Å². The van der Waals surface area contributed by atoms with E-state index < -0.39 is 11.9 Å². The van der Waals surface area contributed by atoms with E-state index in [2.05, 4.69) is 26.8 Å². The predicted octanol–water partition coefficient (Wildman–Crippen LogP) is 1.18. The highest BCUT2D eigenvalue weighted by molar-refractivity contribution is 5.33. The third-order valence-corrected chi connectivity index (χ3v) is 5.33. The first-order chi connectivity index (χ1) is 12.4. The summed E-state index contributed by atoms with van der Waals surface area (Å²) in [4.78, 5) is 14.2. The Labute approximate surface area is 151 Å². The van der Waals surface area contributed by atoms with Crippen LogP contribution in [0.5, 0.6) is 0 Å². The molecule has 2 fully saturated rings. The number of anilines is 1. The summed E-state index contributed by atoms with van der Waals surface area (Å²) >= 11 is 0. The molecule has 6 nitrogen and oxygen atoms in total. The maximum absolute atomic E-state index is 12.9. The molecule has 0 amide bonds. The molecule has 3 rings (SSSR count). The fourth-order valence-corrected chi connectivity index (χ4v) is 3.79. The number of halogens is 3. The molecule has 146 valence electrons. The lowest BCUT2D eigenvalue weighted by atomic mass is 9.96. The Balaban J connectivity index is 1.67. The van der Waals surface area contributed by atoms with Crippen molar-refractivity contribution in [2.45, 2.75) is 12.6 Å². The lowest BCUT2D eigenvalue weighted by molar-refractivity contribution is -0.141. The Kier molecular flexibility index (Phi) is 5.99. The van der Waals surface area contributed by atoms with Gasteiger partial charge in [0.2, 0.25) is 5.95 Å². The van der Waals surface area contributed by atoms with Gasteiger partial charge in [0.25, 0.3) is 0 Å². The molecule has 1 aromatic heterocycles. The number of aliphatic hydroxyl groups is 1. The number of rotatable bonds is 4. The van der Waals surface area contributed by atoms with Gasteiger partial charge in [-0.15, -0.1) is 0 Å². The van der Waals surface area contributed by atoms with Gasteiger partial charge in [0.1, 0.15) is 5.69 Å². The molecule has 0 unspecified atom stereocenters. The van der Waals surface area contributed by atoms with Crippen molar-refractivity contribution in [3.8, 4) is 0 Å². The van der Waals surface area contributed by atoms with Gasteiger partial charge in [-0.3, -0.25) is 0 Å². The summed E-state index contributed by atoms with van der Waals surface area (Å²) < 4.78 is 38.7. The minimum atomic E-state index is -4.48. The van der Waals surface area contributed by atoms with Crippen LogP contribution >= 0.6 is 0 Å². The van der Waals surface area contributed by atoms with E-state index in [0.29, 0.717) is 13.1 Å². The molecular formula is C17H26F3N5O. The third kappa shape index (κ3) is 4.63.